The van der Waals surface area contributed by atoms with E-state index in [-0.39, 0.29) is 17.0 Å². The molecular weight excluding hydrogens is 369 g/mol. The second-order valence-corrected chi connectivity index (χ2v) is 7.53. The molecule has 27 heavy (non-hydrogen) atoms. The lowest BCUT2D eigenvalue weighted by Crippen LogP contribution is -2.33. The first-order valence-electron chi connectivity index (χ1n) is 9.27. The van der Waals surface area contributed by atoms with Gasteiger partial charge in [0.15, 0.2) is 11.6 Å². The Balaban J connectivity index is 1.60. The van der Waals surface area contributed by atoms with Crippen molar-refractivity contribution < 1.29 is 9.13 Å². The number of halogens is 2. The van der Waals surface area contributed by atoms with Gasteiger partial charge in [0.1, 0.15) is 6.10 Å². The van der Waals surface area contributed by atoms with Crippen LogP contribution in [-0.4, -0.2) is 39.4 Å². The molecule has 1 atom stereocenters. The maximum Gasteiger partial charge on any atom is 0.160 e. The molecule has 2 fully saturated rings. The third-order valence-electron chi connectivity index (χ3n) is 5.25. The zero-order chi connectivity index (χ0) is 18.8. The van der Waals surface area contributed by atoms with E-state index in [1.165, 1.54) is 6.07 Å². The molecule has 0 saturated carbocycles. The van der Waals surface area contributed by atoms with Gasteiger partial charge in [0.05, 0.1) is 23.0 Å². The molecule has 0 N–H and O–H groups in total. The van der Waals surface area contributed by atoms with Crippen molar-refractivity contribution in [3.8, 4) is 11.9 Å². The molecule has 2 aromatic heterocycles. The summed E-state index contributed by atoms with van der Waals surface area (Å²) in [5, 5.41) is 13.8. The molecule has 2 saturated heterocycles. The normalized spacial score (nSPS) is 21.4. The van der Waals surface area contributed by atoms with Gasteiger partial charge in [-0.3, -0.25) is 4.90 Å². The second-order valence-electron chi connectivity index (χ2n) is 7.12. The summed E-state index contributed by atoms with van der Waals surface area (Å²) in [4.78, 5) is 6.45. The molecule has 2 aliphatic heterocycles. The number of aromatic nitrogens is 3. The lowest BCUT2D eigenvalue weighted by atomic mass is 9.98. The van der Waals surface area contributed by atoms with Gasteiger partial charge in [-0.1, -0.05) is 11.6 Å². The van der Waals surface area contributed by atoms with Crippen LogP contribution in [0.15, 0.2) is 18.5 Å². The van der Waals surface area contributed by atoms with E-state index in [1.807, 2.05) is 6.20 Å². The summed E-state index contributed by atoms with van der Waals surface area (Å²) in [7, 11) is 0. The number of hydrogen-bond acceptors (Lipinski definition) is 5. The van der Waals surface area contributed by atoms with Crippen LogP contribution in [-0.2, 0) is 11.3 Å². The number of likely N-dealkylation sites (tertiary alicyclic amines) is 1. The highest BCUT2D eigenvalue weighted by Gasteiger charge is 2.27. The molecule has 142 valence electrons. The number of ether oxygens (including phenoxy) is 1. The fraction of sp³-hybridized carbons (Fsp3) is 0.526. The molecule has 0 bridgehead atoms. The number of rotatable bonds is 4. The van der Waals surface area contributed by atoms with Crippen LogP contribution in [0.3, 0.4) is 0 Å². The number of nitrogens with zero attached hydrogens (tertiary/aromatic N) is 5. The van der Waals surface area contributed by atoms with Crippen LogP contribution in [0.2, 0.25) is 5.02 Å². The zero-order valence-corrected chi connectivity index (χ0v) is 15.7. The van der Waals surface area contributed by atoms with Crippen molar-refractivity contribution in [2.24, 2.45) is 5.92 Å². The van der Waals surface area contributed by atoms with E-state index in [2.05, 4.69) is 16.0 Å². The highest BCUT2D eigenvalue weighted by molar-refractivity contribution is 6.30. The van der Waals surface area contributed by atoms with Gasteiger partial charge in [-0.25, -0.2) is 14.1 Å². The van der Waals surface area contributed by atoms with Gasteiger partial charge >= 0.3 is 0 Å². The number of piperidine rings is 1. The van der Waals surface area contributed by atoms with E-state index in [0.29, 0.717) is 5.82 Å². The van der Waals surface area contributed by atoms with Crippen LogP contribution in [0.25, 0.3) is 5.82 Å². The Morgan fingerprint density at radius 1 is 1.33 bits per heavy atom. The third kappa shape index (κ3) is 3.98. The van der Waals surface area contributed by atoms with Crippen LogP contribution in [0.4, 0.5) is 4.39 Å². The van der Waals surface area contributed by atoms with Crippen LogP contribution >= 0.6 is 11.6 Å². The fourth-order valence-corrected chi connectivity index (χ4v) is 3.86. The Morgan fingerprint density at radius 3 is 2.81 bits per heavy atom. The molecule has 4 heterocycles. The standard InChI is InChI=1S/C19H21ClFN5O/c20-15-8-18(23-10-16(15)21)26-12-14(19(24-26)17-2-1-7-27-17)11-25-5-3-13(9-22)4-6-25/h8,10,12-13,17H,1-7,11H2. The summed E-state index contributed by atoms with van der Waals surface area (Å²) in [6, 6.07) is 3.84. The molecule has 6 nitrogen and oxygen atoms in total. The Bertz CT molecular complexity index is 850. The van der Waals surface area contributed by atoms with Gasteiger partial charge in [-0.15, -0.1) is 0 Å². The molecule has 0 aliphatic carbocycles. The van der Waals surface area contributed by atoms with Crippen LogP contribution in [0, 0.1) is 23.1 Å². The minimum absolute atomic E-state index is 0.0196. The average molecular weight is 390 g/mol. The molecule has 4 rings (SSSR count). The molecule has 2 aromatic rings. The summed E-state index contributed by atoms with van der Waals surface area (Å²) in [6.07, 6.45) is 6.78. The van der Waals surface area contributed by atoms with Gasteiger partial charge < -0.3 is 4.74 Å². The van der Waals surface area contributed by atoms with Crippen molar-refractivity contribution in [1.29, 1.82) is 5.26 Å². The first-order chi connectivity index (χ1) is 13.1. The largest absolute Gasteiger partial charge is 0.372 e. The van der Waals surface area contributed by atoms with Gasteiger partial charge in [0.2, 0.25) is 0 Å². The van der Waals surface area contributed by atoms with Crippen LogP contribution in [0.5, 0.6) is 0 Å². The smallest absolute Gasteiger partial charge is 0.160 e. The van der Waals surface area contributed by atoms with Crippen LogP contribution in [0.1, 0.15) is 43.0 Å². The quantitative estimate of drug-likeness (QED) is 0.798. The molecule has 8 heteroatoms. The summed E-state index contributed by atoms with van der Waals surface area (Å²) in [5.41, 5.74) is 2.00. The van der Waals surface area contributed by atoms with E-state index < -0.39 is 5.82 Å². The SMILES string of the molecule is N#CC1CCN(Cc2cn(-c3cc(Cl)c(F)cn3)nc2C2CCCO2)CC1. The fourth-order valence-electron chi connectivity index (χ4n) is 3.72. The lowest BCUT2D eigenvalue weighted by molar-refractivity contribution is 0.106. The topological polar surface area (TPSA) is 67.0 Å². The van der Waals surface area contributed by atoms with Crippen molar-refractivity contribution in [3.63, 3.8) is 0 Å². The number of hydrogen-bond donors (Lipinski definition) is 0. The first kappa shape index (κ1) is 18.4. The summed E-state index contributed by atoms with van der Waals surface area (Å²) in [6.45, 7) is 3.29. The molecule has 0 aromatic carbocycles. The number of nitriles is 1. The Hall–Kier alpha value is -2.01. The van der Waals surface area contributed by atoms with Crippen molar-refractivity contribution in [1.82, 2.24) is 19.7 Å². The summed E-state index contributed by atoms with van der Waals surface area (Å²) < 4.78 is 20.9. The maximum absolute atomic E-state index is 13.4. The van der Waals surface area contributed by atoms with Crippen LogP contribution < -0.4 is 0 Å². The van der Waals surface area contributed by atoms with Gasteiger partial charge in [-0.2, -0.15) is 10.4 Å². The molecule has 0 spiro atoms. The Labute approximate surface area is 162 Å². The van der Waals surface area contributed by atoms with Gasteiger partial charge in [0, 0.05) is 36.9 Å². The van der Waals surface area contributed by atoms with E-state index >= 15 is 0 Å². The van der Waals surface area contributed by atoms with E-state index in [0.717, 1.165) is 69.4 Å². The minimum atomic E-state index is -0.549. The zero-order valence-electron chi connectivity index (χ0n) is 14.9. The maximum atomic E-state index is 13.4. The highest BCUT2D eigenvalue weighted by Crippen LogP contribution is 2.31. The predicted octanol–water partition coefficient (Wildman–Crippen LogP) is 3.65. The van der Waals surface area contributed by atoms with Gasteiger partial charge in [0.25, 0.3) is 0 Å². The summed E-state index contributed by atoms with van der Waals surface area (Å²) in [5.74, 6) is 0.0924. The van der Waals surface area contributed by atoms with Crippen molar-refractivity contribution >= 4 is 11.6 Å². The Kier molecular flexibility index (Phi) is 5.39. The van der Waals surface area contributed by atoms with Crippen molar-refractivity contribution in [2.45, 2.75) is 38.3 Å². The molecule has 0 amide bonds. The predicted molar refractivity (Wildman–Crippen MR) is 97.9 cm³/mol. The second kappa shape index (κ2) is 7.93. The van der Waals surface area contributed by atoms with Gasteiger partial charge in [-0.05, 0) is 38.8 Å². The number of pyridine rings is 1. The lowest BCUT2D eigenvalue weighted by Gasteiger charge is -2.29. The molecule has 0 radical (unpaired) electrons. The van der Waals surface area contributed by atoms with Crippen molar-refractivity contribution in [2.75, 3.05) is 19.7 Å². The van der Waals surface area contributed by atoms with E-state index in [4.69, 9.17) is 26.7 Å². The molecule has 1 unspecified atom stereocenters. The van der Waals surface area contributed by atoms with E-state index in [1.54, 1.807) is 4.68 Å². The first-order valence-corrected chi connectivity index (χ1v) is 9.65. The van der Waals surface area contributed by atoms with E-state index in [9.17, 15) is 4.39 Å². The minimum Gasteiger partial charge on any atom is -0.372 e. The highest BCUT2D eigenvalue weighted by atomic mass is 35.5. The molecular formula is C19H21ClFN5O. The monoisotopic (exact) mass is 389 g/mol. The Morgan fingerprint density at radius 2 is 2.15 bits per heavy atom. The third-order valence-corrected chi connectivity index (χ3v) is 5.54. The summed E-state index contributed by atoms with van der Waals surface area (Å²) >= 11 is 5.91. The van der Waals surface area contributed by atoms with Crippen molar-refractivity contribution in [3.05, 3.63) is 40.6 Å². The molecule has 2 aliphatic rings. The average Bonchev–Trinajstić information content (AvgIpc) is 3.34.